The number of hydrogen-bond acceptors (Lipinski definition) is 4. The van der Waals surface area contributed by atoms with Crippen LogP contribution in [0.4, 0.5) is 0 Å². The molecule has 0 saturated heterocycles. The molecule has 0 fully saturated rings. The van der Waals surface area contributed by atoms with E-state index in [2.05, 4.69) is 15.3 Å². The number of fused-ring (bicyclic) bond motifs is 2. The molecule has 0 unspecified atom stereocenters. The van der Waals surface area contributed by atoms with Crippen molar-refractivity contribution in [2.45, 2.75) is 0 Å². The maximum Gasteiger partial charge on any atom is 0.253 e. The Balaban J connectivity index is 2.01. The van der Waals surface area contributed by atoms with Gasteiger partial charge in [-0.3, -0.25) is 4.79 Å². The van der Waals surface area contributed by atoms with Crippen LogP contribution in [0.3, 0.4) is 0 Å². The van der Waals surface area contributed by atoms with Crippen molar-refractivity contribution in [2.75, 3.05) is 27.2 Å². The van der Waals surface area contributed by atoms with E-state index < -0.39 is 0 Å². The second-order valence-electron chi connectivity index (χ2n) is 5.59. The van der Waals surface area contributed by atoms with E-state index in [0.717, 1.165) is 12.1 Å². The molecule has 6 heteroatoms. The fourth-order valence-electron chi connectivity index (χ4n) is 2.34. The monoisotopic (exact) mass is 328 g/mol. The van der Waals surface area contributed by atoms with Crippen molar-refractivity contribution in [3.63, 3.8) is 0 Å². The summed E-state index contributed by atoms with van der Waals surface area (Å²) in [5.74, 6) is -0.145. The number of para-hydroxylation sites is 1. The molecule has 0 aliphatic carbocycles. The molecule has 1 heterocycles. The molecule has 0 radical (unpaired) electrons. The fourth-order valence-corrected chi connectivity index (χ4v) is 2.51. The van der Waals surface area contributed by atoms with E-state index in [1.54, 1.807) is 18.2 Å². The van der Waals surface area contributed by atoms with Crippen molar-refractivity contribution in [2.24, 2.45) is 0 Å². The smallest absolute Gasteiger partial charge is 0.253 e. The molecule has 5 nitrogen and oxygen atoms in total. The molecule has 0 spiro atoms. The van der Waals surface area contributed by atoms with Gasteiger partial charge in [0.2, 0.25) is 0 Å². The first-order chi connectivity index (χ1) is 11.0. The highest BCUT2D eigenvalue weighted by Gasteiger charge is 2.12. The Morgan fingerprint density at radius 2 is 1.96 bits per heavy atom. The van der Waals surface area contributed by atoms with Crippen molar-refractivity contribution < 1.29 is 4.79 Å². The highest BCUT2D eigenvalue weighted by Crippen LogP contribution is 2.21. The number of rotatable bonds is 4. The summed E-state index contributed by atoms with van der Waals surface area (Å²) in [5.41, 5.74) is 3.24. The average molecular weight is 329 g/mol. The first-order valence-corrected chi connectivity index (χ1v) is 7.71. The lowest BCUT2D eigenvalue weighted by Gasteiger charge is -2.11. The zero-order valence-corrected chi connectivity index (χ0v) is 13.8. The van der Waals surface area contributed by atoms with E-state index in [9.17, 15) is 4.79 Å². The van der Waals surface area contributed by atoms with E-state index >= 15 is 0 Å². The summed E-state index contributed by atoms with van der Waals surface area (Å²) in [4.78, 5) is 23.6. The van der Waals surface area contributed by atoms with Crippen LogP contribution < -0.4 is 5.32 Å². The number of benzene rings is 2. The van der Waals surface area contributed by atoms with Gasteiger partial charge in [-0.15, -0.1) is 0 Å². The van der Waals surface area contributed by atoms with Crippen LogP contribution in [0, 0.1) is 0 Å². The second kappa shape index (κ2) is 6.48. The summed E-state index contributed by atoms with van der Waals surface area (Å²) >= 11 is 6.02. The summed E-state index contributed by atoms with van der Waals surface area (Å²) in [6.45, 7) is 1.36. The van der Waals surface area contributed by atoms with Crippen molar-refractivity contribution in [1.29, 1.82) is 0 Å². The van der Waals surface area contributed by atoms with Gasteiger partial charge in [-0.25, -0.2) is 9.97 Å². The SMILES string of the molecule is CN(C)CCNC(=O)c1cccc2nc3ccc(Cl)cc3nc12. The predicted molar refractivity (Wildman–Crippen MR) is 92.9 cm³/mol. The number of carbonyl (C=O) groups excluding carboxylic acids is 1. The van der Waals surface area contributed by atoms with E-state index in [-0.39, 0.29) is 5.91 Å². The number of nitrogens with zero attached hydrogens (tertiary/aromatic N) is 3. The molecule has 3 aromatic rings. The van der Waals surface area contributed by atoms with Gasteiger partial charge in [0.15, 0.2) is 0 Å². The zero-order chi connectivity index (χ0) is 16.4. The molecule has 3 rings (SSSR count). The van der Waals surface area contributed by atoms with E-state index in [0.29, 0.717) is 33.7 Å². The Hall–Kier alpha value is -2.24. The van der Waals surface area contributed by atoms with E-state index in [1.165, 1.54) is 0 Å². The minimum Gasteiger partial charge on any atom is -0.351 e. The number of hydrogen-bond donors (Lipinski definition) is 1. The highest BCUT2D eigenvalue weighted by molar-refractivity contribution is 6.31. The average Bonchev–Trinajstić information content (AvgIpc) is 2.51. The summed E-state index contributed by atoms with van der Waals surface area (Å²) in [6.07, 6.45) is 0. The van der Waals surface area contributed by atoms with Gasteiger partial charge in [0, 0.05) is 18.1 Å². The van der Waals surface area contributed by atoms with Gasteiger partial charge >= 0.3 is 0 Å². The third kappa shape index (κ3) is 3.41. The molecule has 2 aromatic carbocycles. The maximum absolute atomic E-state index is 12.4. The highest BCUT2D eigenvalue weighted by atomic mass is 35.5. The molecule has 0 bridgehead atoms. The lowest BCUT2D eigenvalue weighted by atomic mass is 10.1. The van der Waals surface area contributed by atoms with E-state index in [4.69, 9.17) is 11.6 Å². The van der Waals surface area contributed by atoms with Crippen molar-refractivity contribution in [3.8, 4) is 0 Å². The quantitative estimate of drug-likeness (QED) is 0.748. The van der Waals surface area contributed by atoms with Crippen LogP contribution in [0.1, 0.15) is 10.4 Å². The minimum absolute atomic E-state index is 0.145. The first-order valence-electron chi connectivity index (χ1n) is 7.33. The topological polar surface area (TPSA) is 58.1 Å². The number of aromatic nitrogens is 2. The normalized spacial score (nSPS) is 11.3. The molecular formula is C17H17ClN4O. The third-order valence-corrected chi connectivity index (χ3v) is 3.75. The summed E-state index contributed by atoms with van der Waals surface area (Å²) in [5, 5.41) is 3.50. The zero-order valence-electron chi connectivity index (χ0n) is 13.0. The standard InChI is InChI=1S/C17H17ClN4O/c1-22(2)9-8-19-17(23)12-4-3-5-14-16(12)21-15-10-11(18)6-7-13(15)20-14/h3-7,10H,8-9H2,1-2H3,(H,19,23). The largest absolute Gasteiger partial charge is 0.351 e. The fraction of sp³-hybridized carbons (Fsp3) is 0.235. The Kier molecular flexibility index (Phi) is 4.41. The molecule has 1 aromatic heterocycles. The number of halogens is 1. The lowest BCUT2D eigenvalue weighted by Crippen LogP contribution is -2.31. The molecule has 0 aliphatic heterocycles. The predicted octanol–water partition coefficient (Wildman–Crippen LogP) is 2.73. The van der Waals surface area contributed by atoms with Crippen LogP contribution in [0.15, 0.2) is 36.4 Å². The second-order valence-corrected chi connectivity index (χ2v) is 6.03. The van der Waals surface area contributed by atoms with Gasteiger partial charge in [0.05, 0.1) is 22.1 Å². The van der Waals surface area contributed by atoms with Crippen LogP contribution in [0.5, 0.6) is 0 Å². The molecule has 118 valence electrons. The number of likely N-dealkylation sites (N-methyl/N-ethyl adjacent to an activating group) is 1. The van der Waals surface area contributed by atoms with Crippen LogP contribution in [0.25, 0.3) is 22.1 Å². The summed E-state index contributed by atoms with van der Waals surface area (Å²) < 4.78 is 0. The van der Waals surface area contributed by atoms with Crippen molar-refractivity contribution in [1.82, 2.24) is 20.2 Å². The number of carbonyl (C=O) groups is 1. The Morgan fingerprint density at radius 1 is 1.13 bits per heavy atom. The van der Waals surface area contributed by atoms with Crippen molar-refractivity contribution in [3.05, 3.63) is 47.0 Å². The Bertz CT molecular complexity index is 879. The van der Waals surface area contributed by atoms with Crippen LogP contribution in [0.2, 0.25) is 5.02 Å². The van der Waals surface area contributed by atoms with Gasteiger partial charge in [-0.2, -0.15) is 0 Å². The van der Waals surface area contributed by atoms with Crippen molar-refractivity contribution >= 4 is 39.6 Å². The van der Waals surface area contributed by atoms with Crippen LogP contribution in [-0.4, -0.2) is 48.0 Å². The summed E-state index contributed by atoms with van der Waals surface area (Å²) in [6, 6.07) is 10.8. The number of amides is 1. The Labute approximate surface area is 139 Å². The first kappa shape index (κ1) is 15.6. The molecule has 0 aliphatic rings. The molecular weight excluding hydrogens is 312 g/mol. The lowest BCUT2D eigenvalue weighted by molar-refractivity contribution is 0.0952. The molecule has 1 N–H and O–H groups in total. The summed E-state index contributed by atoms with van der Waals surface area (Å²) in [7, 11) is 3.93. The molecule has 1 amide bonds. The van der Waals surface area contributed by atoms with Gasteiger partial charge in [-0.1, -0.05) is 17.7 Å². The van der Waals surface area contributed by atoms with Gasteiger partial charge in [0.25, 0.3) is 5.91 Å². The molecule has 23 heavy (non-hydrogen) atoms. The van der Waals surface area contributed by atoms with Gasteiger partial charge in [-0.05, 0) is 44.4 Å². The maximum atomic E-state index is 12.4. The van der Waals surface area contributed by atoms with E-state index in [1.807, 2.05) is 37.2 Å². The van der Waals surface area contributed by atoms with Gasteiger partial charge in [0.1, 0.15) is 5.52 Å². The minimum atomic E-state index is -0.145. The molecule has 0 saturated carbocycles. The van der Waals surface area contributed by atoms with Gasteiger partial charge < -0.3 is 10.2 Å². The third-order valence-electron chi connectivity index (χ3n) is 3.51. The van der Waals surface area contributed by atoms with Crippen LogP contribution >= 0.6 is 11.6 Å². The molecule has 0 atom stereocenters. The van der Waals surface area contributed by atoms with Crippen LogP contribution in [-0.2, 0) is 0 Å². The number of nitrogens with one attached hydrogen (secondary N) is 1. The Morgan fingerprint density at radius 3 is 2.74 bits per heavy atom.